The van der Waals surface area contributed by atoms with Crippen LogP contribution in [0.1, 0.15) is 0 Å². The third-order valence-electron chi connectivity index (χ3n) is 11.4. The molecule has 0 aliphatic heterocycles. The number of rotatable bonds is 8. The molecule has 0 unspecified atom stereocenters. The van der Waals surface area contributed by atoms with Crippen LogP contribution < -0.4 is 0 Å². The van der Waals surface area contributed by atoms with Crippen LogP contribution in [-0.4, -0.2) is 24.9 Å². The average molecular weight is 792 g/mol. The maximum Gasteiger partial charge on any atom is 0.165 e. The molecular weight excluding hydrogens is 755 g/mol. The zero-order chi connectivity index (χ0) is 41.2. The number of hydrogen-bond donors (Lipinski definition) is 0. The Morgan fingerprint density at radius 2 is 0.452 bits per heavy atom. The van der Waals surface area contributed by atoms with Gasteiger partial charge in [-0.05, 0) is 49.9 Å². The molecule has 0 fully saturated rings. The summed E-state index contributed by atoms with van der Waals surface area (Å²) in [5.74, 6) is 2.44. The topological polar surface area (TPSA) is 64.5 Å². The van der Waals surface area contributed by atoms with Gasteiger partial charge in [-0.1, -0.05) is 218 Å². The van der Waals surface area contributed by atoms with E-state index >= 15 is 0 Å². The summed E-state index contributed by atoms with van der Waals surface area (Å²) in [4.78, 5) is 26.4. The Balaban J connectivity index is 1.14. The van der Waals surface area contributed by atoms with Gasteiger partial charge in [0.1, 0.15) is 0 Å². The molecule has 5 heteroatoms. The molecule has 0 saturated carbocycles. The maximum atomic E-state index is 5.32. The monoisotopic (exact) mass is 791 g/mol. The SMILES string of the molecule is c1ccc(-c2ccc(-c3nc(-c4ccc(-c5ccccc5)cc4)nc(-c4c5ccccc5c(-c5nc(-c6ccccc6)cc(-c6ccccc6)n5)c5ccccc45)n3)cc2)cc1. The highest BCUT2D eigenvalue weighted by Gasteiger charge is 2.23. The second-order valence-corrected chi connectivity index (χ2v) is 15.2. The minimum Gasteiger partial charge on any atom is -0.228 e. The van der Waals surface area contributed by atoms with Crippen molar-refractivity contribution in [3.8, 4) is 90.3 Å². The highest BCUT2D eigenvalue weighted by Crippen LogP contribution is 2.43. The molecular formula is C57H37N5. The van der Waals surface area contributed by atoms with Crippen molar-refractivity contribution in [2.45, 2.75) is 0 Å². The molecule has 11 aromatic rings. The molecule has 0 saturated heterocycles. The lowest BCUT2D eigenvalue weighted by Crippen LogP contribution is -2.02. The number of aromatic nitrogens is 5. The van der Waals surface area contributed by atoms with Gasteiger partial charge in [0.05, 0.1) is 11.4 Å². The molecule has 62 heavy (non-hydrogen) atoms. The molecule has 0 amide bonds. The quantitative estimate of drug-likeness (QED) is 0.143. The molecule has 0 radical (unpaired) electrons. The minimum absolute atomic E-state index is 0.590. The first-order valence-corrected chi connectivity index (χ1v) is 20.8. The largest absolute Gasteiger partial charge is 0.228 e. The van der Waals surface area contributed by atoms with Gasteiger partial charge in [0, 0.05) is 33.4 Å². The summed E-state index contributed by atoms with van der Waals surface area (Å²) in [7, 11) is 0. The first-order chi connectivity index (χ1) is 30.7. The highest BCUT2D eigenvalue weighted by molar-refractivity contribution is 6.20. The number of nitrogens with zero attached hydrogens (tertiary/aromatic N) is 5. The third kappa shape index (κ3) is 6.97. The van der Waals surface area contributed by atoms with Gasteiger partial charge in [-0.15, -0.1) is 0 Å². The van der Waals surface area contributed by atoms with Gasteiger partial charge in [0.15, 0.2) is 23.3 Å². The minimum atomic E-state index is 0.590. The van der Waals surface area contributed by atoms with Crippen molar-refractivity contribution in [3.63, 3.8) is 0 Å². The fraction of sp³-hybridized carbons (Fsp3) is 0. The zero-order valence-electron chi connectivity index (χ0n) is 33.6. The van der Waals surface area contributed by atoms with E-state index in [1.807, 2.05) is 48.5 Å². The predicted octanol–water partition coefficient (Wildman–Crippen LogP) is 14.3. The lowest BCUT2D eigenvalue weighted by atomic mass is 9.90. The Morgan fingerprint density at radius 1 is 0.194 bits per heavy atom. The molecule has 2 aromatic heterocycles. The molecule has 11 rings (SSSR count). The van der Waals surface area contributed by atoms with Crippen LogP contribution >= 0.6 is 0 Å². The second-order valence-electron chi connectivity index (χ2n) is 15.2. The first-order valence-electron chi connectivity index (χ1n) is 20.8. The van der Waals surface area contributed by atoms with Crippen LogP contribution in [0.5, 0.6) is 0 Å². The lowest BCUT2D eigenvalue weighted by Gasteiger charge is -2.18. The van der Waals surface area contributed by atoms with Crippen molar-refractivity contribution in [2.24, 2.45) is 0 Å². The number of fused-ring (bicyclic) bond motifs is 2. The lowest BCUT2D eigenvalue weighted by molar-refractivity contribution is 1.08. The molecule has 0 atom stereocenters. The third-order valence-corrected chi connectivity index (χ3v) is 11.4. The van der Waals surface area contributed by atoms with Crippen molar-refractivity contribution in [3.05, 3.63) is 224 Å². The maximum absolute atomic E-state index is 5.32. The van der Waals surface area contributed by atoms with Crippen LogP contribution in [0.4, 0.5) is 0 Å². The summed E-state index contributed by atoms with van der Waals surface area (Å²) in [6.45, 7) is 0. The van der Waals surface area contributed by atoms with E-state index in [0.29, 0.717) is 23.3 Å². The van der Waals surface area contributed by atoms with Crippen molar-refractivity contribution in [1.82, 2.24) is 24.9 Å². The van der Waals surface area contributed by atoms with Gasteiger partial charge in [-0.3, -0.25) is 0 Å². The summed E-state index contributed by atoms with van der Waals surface area (Å²) in [5, 5.41) is 4.01. The van der Waals surface area contributed by atoms with E-state index in [9.17, 15) is 0 Å². The van der Waals surface area contributed by atoms with E-state index in [1.165, 1.54) is 0 Å². The van der Waals surface area contributed by atoms with E-state index in [2.05, 4.69) is 176 Å². The van der Waals surface area contributed by atoms with Gasteiger partial charge >= 0.3 is 0 Å². The second kappa shape index (κ2) is 16.0. The zero-order valence-corrected chi connectivity index (χ0v) is 33.6. The van der Waals surface area contributed by atoms with Gasteiger partial charge in [0.2, 0.25) is 0 Å². The Kier molecular flexibility index (Phi) is 9.45. The number of hydrogen-bond acceptors (Lipinski definition) is 5. The highest BCUT2D eigenvalue weighted by atomic mass is 15.0. The van der Waals surface area contributed by atoms with Crippen LogP contribution in [-0.2, 0) is 0 Å². The van der Waals surface area contributed by atoms with E-state index in [4.69, 9.17) is 24.9 Å². The van der Waals surface area contributed by atoms with Crippen LogP contribution in [0, 0.1) is 0 Å². The van der Waals surface area contributed by atoms with Gasteiger partial charge in [0.25, 0.3) is 0 Å². The van der Waals surface area contributed by atoms with Crippen molar-refractivity contribution >= 4 is 21.5 Å². The van der Waals surface area contributed by atoms with Gasteiger partial charge in [-0.25, -0.2) is 24.9 Å². The summed E-state index contributed by atoms with van der Waals surface area (Å²) in [5.41, 5.74) is 12.0. The fourth-order valence-electron chi connectivity index (χ4n) is 8.31. The standard InChI is InChI=1S/C57H37N5/c1-5-17-38(18-6-1)40-29-33-44(34-30-40)54-60-55(45-35-31-41(32-36-45)39-19-7-2-8-20-39)62-57(61-54)53-48-27-15-13-25-46(48)52(47-26-14-16-28-49(47)53)56-58-50(42-21-9-3-10-22-42)37-51(59-56)43-23-11-4-12-24-43/h1-37H. The molecule has 290 valence electrons. The fourth-order valence-corrected chi connectivity index (χ4v) is 8.31. The van der Waals surface area contributed by atoms with Gasteiger partial charge < -0.3 is 0 Å². The molecule has 0 N–H and O–H groups in total. The Labute approximate surface area is 359 Å². The van der Waals surface area contributed by atoms with Crippen LogP contribution in [0.15, 0.2) is 224 Å². The van der Waals surface area contributed by atoms with E-state index < -0.39 is 0 Å². The van der Waals surface area contributed by atoms with E-state index in [1.54, 1.807) is 0 Å². The Hall–Kier alpha value is -8.41. The average Bonchev–Trinajstić information content (AvgIpc) is 3.36. The molecule has 5 nitrogen and oxygen atoms in total. The predicted molar refractivity (Wildman–Crippen MR) is 254 cm³/mol. The van der Waals surface area contributed by atoms with Crippen LogP contribution in [0.3, 0.4) is 0 Å². The molecule has 0 aliphatic carbocycles. The van der Waals surface area contributed by atoms with E-state index in [0.717, 1.165) is 88.6 Å². The molecule has 2 heterocycles. The summed E-state index contributed by atoms with van der Waals surface area (Å²) >= 11 is 0. The smallest absolute Gasteiger partial charge is 0.165 e. The van der Waals surface area contributed by atoms with Crippen molar-refractivity contribution < 1.29 is 0 Å². The van der Waals surface area contributed by atoms with Crippen molar-refractivity contribution in [1.29, 1.82) is 0 Å². The summed E-state index contributed by atoms with van der Waals surface area (Å²) in [6.07, 6.45) is 0. The summed E-state index contributed by atoms with van der Waals surface area (Å²) in [6, 6.07) is 77.4. The first kappa shape index (κ1) is 36.7. The van der Waals surface area contributed by atoms with Crippen LogP contribution in [0.25, 0.3) is 112 Å². The molecule has 0 bridgehead atoms. The van der Waals surface area contributed by atoms with E-state index in [-0.39, 0.29) is 0 Å². The van der Waals surface area contributed by atoms with Gasteiger partial charge in [-0.2, -0.15) is 0 Å². The van der Waals surface area contributed by atoms with Crippen LogP contribution in [0.2, 0.25) is 0 Å². The normalized spacial score (nSPS) is 11.2. The Bertz CT molecular complexity index is 3140. The molecule has 0 spiro atoms. The molecule has 0 aliphatic rings. The van der Waals surface area contributed by atoms with Crippen molar-refractivity contribution in [2.75, 3.05) is 0 Å². The number of benzene rings is 9. The molecule has 9 aromatic carbocycles. The Morgan fingerprint density at radius 3 is 0.806 bits per heavy atom. The summed E-state index contributed by atoms with van der Waals surface area (Å²) < 4.78 is 0.